The van der Waals surface area contributed by atoms with E-state index in [1.807, 2.05) is 13.1 Å². The maximum absolute atomic E-state index is 15.4. The van der Waals surface area contributed by atoms with Crippen LogP contribution in [0.5, 0.6) is 0 Å². The molecule has 3 aliphatic rings. The van der Waals surface area contributed by atoms with Crippen LogP contribution in [0, 0.1) is 28.6 Å². The van der Waals surface area contributed by atoms with Crippen LogP contribution in [0.4, 0.5) is 10.1 Å². The molecule has 4 unspecified atom stereocenters. The van der Waals surface area contributed by atoms with Crippen LogP contribution in [0.3, 0.4) is 0 Å². The van der Waals surface area contributed by atoms with Crippen molar-refractivity contribution in [2.75, 3.05) is 18.0 Å². The van der Waals surface area contributed by atoms with E-state index in [9.17, 15) is 0 Å². The molecule has 4 nitrogen and oxygen atoms in total. The summed E-state index contributed by atoms with van der Waals surface area (Å²) in [4.78, 5) is 10.9. The van der Waals surface area contributed by atoms with Gasteiger partial charge in [0.15, 0.2) is 0 Å². The topological polar surface area (TPSA) is 51.8 Å². The summed E-state index contributed by atoms with van der Waals surface area (Å²) >= 11 is 0. The number of benzene rings is 1. The Bertz CT molecular complexity index is 1190. The number of nitrogens with one attached hydrogen (secondary N) is 1. The highest BCUT2D eigenvalue weighted by Gasteiger charge is 2.56. The molecule has 4 rings (SSSR count). The molecule has 3 saturated carbocycles. The number of anilines is 1. The molecule has 41 heavy (non-hydrogen) atoms. The first kappa shape index (κ1) is 31.1. The Balaban J connectivity index is 1.59. The van der Waals surface area contributed by atoms with Crippen LogP contribution in [0.25, 0.3) is 5.57 Å². The van der Waals surface area contributed by atoms with Gasteiger partial charge in [0.1, 0.15) is 5.67 Å². The van der Waals surface area contributed by atoms with Crippen LogP contribution in [0.2, 0.25) is 0 Å². The minimum atomic E-state index is -1.14. The first-order valence-electron chi connectivity index (χ1n) is 15.9. The molecule has 3 fully saturated rings. The molecule has 0 amide bonds. The molecule has 4 atom stereocenters. The lowest BCUT2D eigenvalue weighted by molar-refractivity contribution is 0.279. The zero-order valence-electron chi connectivity index (χ0n) is 25.7. The molecule has 0 heterocycles. The van der Waals surface area contributed by atoms with Crippen molar-refractivity contribution in [1.82, 2.24) is 0 Å². The normalized spacial score (nSPS) is 27.7. The van der Waals surface area contributed by atoms with Crippen LogP contribution >= 0.6 is 0 Å². The van der Waals surface area contributed by atoms with Crippen LogP contribution in [-0.2, 0) is 0 Å². The average Bonchev–Trinajstić information content (AvgIpc) is 3.89. The van der Waals surface area contributed by atoms with E-state index >= 15 is 4.39 Å². The molecule has 0 aromatic heterocycles. The summed E-state index contributed by atoms with van der Waals surface area (Å²) in [5, 5.41) is 8.56. The fraction of sp³-hybridized carbons (Fsp3) is 0.583. The molecule has 0 spiro atoms. The molecule has 0 saturated heterocycles. The van der Waals surface area contributed by atoms with Gasteiger partial charge in [-0.1, -0.05) is 58.1 Å². The van der Waals surface area contributed by atoms with Gasteiger partial charge in [0.2, 0.25) is 0 Å². The summed E-state index contributed by atoms with van der Waals surface area (Å²) in [6.45, 7) is 20.6. The van der Waals surface area contributed by atoms with Crippen molar-refractivity contribution < 1.29 is 4.39 Å². The van der Waals surface area contributed by atoms with E-state index in [0.29, 0.717) is 24.7 Å². The first-order chi connectivity index (χ1) is 19.7. The van der Waals surface area contributed by atoms with Crippen molar-refractivity contribution >= 4 is 29.9 Å². The van der Waals surface area contributed by atoms with Crippen LogP contribution in [0.1, 0.15) is 97.0 Å². The monoisotopic (exact) mass is 558 g/mol. The molecule has 1 N–H and O–H groups in total. The van der Waals surface area contributed by atoms with Crippen molar-refractivity contribution in [3.8, 4) is 0 Å². The smallest absolute Gasteiger partial charge is 0.119 e. The molecule has 0 radical (unpaired) electrons. The SMILES string of the molecule is C=N/C=C(\C=NCCC)c1cccc(N(CC2CCC(CCC)(C(=C)CC(=N)C3CC3)C2)C(=C)C2CC2(F)CC)c1. The van der Waals surface area contributed by atoms with Gasteiger partial charge < -0.3 is 10.3 Å². The maximum atomic E-state index is 15.4. The third kappa shape index (κ3) is 7.34. The molecular formula is C36H51FN4. The molecule has 1 aromatic rings. The van der Waals surface area contributed by atoms with E-state index in [1.54, 1.807) is 6.20 Å². The zero-order chi connectivity index (χ0) is 29.6. The fourth-order valence-corrected chi connectivity index (χ4v) is 6.94. The van der Waals surface area contributed by atoms with Crippen molar-refractivity contribution in [2.45, 2.75) is 97.1 Å². The molecule has 3 aliphatic carbocycles. The van der Waals surface area contributed by atoms with Crippen LogP contribution < -0.4 is 4.90 Å². The van der Waals surface area contributed by atoms with Gasteiger partial charge in [-0.25, -0.2) is 4.39 Å². The van der Waals surface area contributed by atoms with E-state index < -0.39 is 5.67 Å². The highest BCUT2D eigenvalue weighted by Crippen LogP contribution is 2.56. The first-order valence-corrected chi connectivity index (χ1v) is 15.9. The predicted octanol–water partition coefficient (Wildman–Crippen LogP) is 9.63. The lowest BCUT2D eigenvalue weighted by Crippen LogP contribution is -2.31. The van der Waals surface area contributed by atoms with E-state index in [2.05, 4.69) is 72.9 Å². The lowest BCUT2D eigenvalue weighted by Gasteiger charge is -2.34. The highest BCUT2D eigenvalue weighted by atomic mass is 19.1. The minimum absolute atomic E-state index is 0.101. The Labute approximate surface area is 248 Å². The third-order valence-electron chi connectivity index (χ3n) is 9.75. The summed E-state index contributed by atoms with van der Waals surface area (Å²) in [5.74, 6) is 0.816. The summed E-state index contributed by atoms with van der Waals surface area (Å²) in [5.41, 5.74) is 4.97. The quantitative estimate of drug-likeness (QED) is 0.150. The van der Waals surface area contributed by atoms with E-state index in [0.717, 1.165) is 86.3 Å². The van der Waals surface area contributed by atoms with Gasteiger partial charge in [-0.3, -0.25) is 9.98 Å². The highest BCUT2D eigenvalue weighted by molar-refractivity contribution is 6.10. The van der Waals surface area contributed by atoms with Gasteiger partial charge in [0, 0.05) is 60.5 Å². The zero-order valence-corrected chi connectivity index (χ0v) is 25.7. The maximum Gasteiger partial charge on any atom is 0.119 e. The van der Waals surface area contributed by atoms with E-state index in [4.69, 9.17) is 5.41 Å². The molecule has 1 aromatic carbocycles. The number of rotatable bonds is 17. The standard InChI is InChI=1S/C36H51FN4/c1-7-16-35(26(4)19-34(38)29-13-14-29)17-15-28(21-35)25-41(27(5)33-22-36(33,37)9-3)32-12-10-11-30(20-32)31(23-39-6)24-40-18-8-2/h10-12,20,23-24,28-29,33,38H,4-9,13-19,21-22,25H2,1-3H3/b31-23+,38-34?,40-24?. The van der Waals surface area contributed by atoms with Crippen LogP contribution in [0.15, 0.2) is 64.9 Å². The molecule has 0 bridgehead atoms. The number of hydrogen-bond acceptors (Lipinski definition) is 4. The number of allylic oxidation sites excluding steroid dienone is 3. The van der Waals surface area contributed by atoms with Gasteiger partial charge in [0.05, 0.1) is 0 Å². The van der Waals surface area contributed by atoms with E-state index in [1.165, 1.54) is 18.4 Å². The number of hydrogen-bond donors (Lipinski definition) is 1. The summed E-state index contributed by atoms with van der Waals surface area (Å²) < 4.78 is 15.4. The Morgan fingerprint density at radius 3 is 2.56 bits per heavy atom. The van der Waals surface area contributed by atoms with Gasteiger partial charge in [0.25, 0.3) is 0 Å². The second kappa shape index (κ2) is 13.4. The van der Waals surface area contributed by atoms with Gasteiger partial charge in [-0.2, -0.15) is 0 Å². The Morgan fingerprint density at radius 2 is 1.93 bits per heavy atom. The average molecular weight is 559 g/mol. The summed E-state index contributed by atoms with van der Waals surface area (Å²) in [6, 6.07) is 8.42. The third-order valence-corrected chi connectivity index (χ3v) is 9.75. The van der Waals surface area contributed by atoms with Crippen molar-refractivity contribution in [1.29, 1.82) is 5.41 Å². The largest absolute Gasteiger partial charge is 0.345 e. The Hall–Kier alpha value is -2.82. The number of halogens is 1. The second-order valence-corrected chi connectivity index (χ2v) is 12.8. The molecule has 0 aliphatic heterocycles. The van der Waals surface area contributed by atoms with Gasteiger partial charge in [-0.05, 0) is 99.5 Å². The lowest BCUT2D eigenvalue weighted by atomic mass is 9.73. The number of alkyl halides is 1. The number of aliphatic imine (C=N–C) groups is 2. The Kier molecular flexibility index (Phi) is 10.2. The second-order valence-electron chi connectivity index (χ2n) is 12.8. The molecule has 5 heteroatoms. The summed E-state index contributed by atoms with van der Waals surface area (Å²) in [7, 11) is 0. The van der Waals surface area contributed by atoms with E-state index in [-0.39, 0.29) is 11.3 Å². The van der Waals surface area contributed by atoms with Gasteiger partial charge >= 0.3 is 0 Å². The predicted molar refractivity (Wildman–Crippen MR) is 175 cm³/mol. The van der Waals surface area contributed by atoms with Crippen molar-refractivity contribution in [3.05, 3.63) is 60.5 Å². The minimum Gasteiger partial charge on any atom is -0.345 e. The van der Waals surface area contributed by atoms with Crippen molar-refractivity contribution in [3.63, 3.8) is 0 Å². The van der Waals surface area contributed by atoms with Crippen molar-refractivity contribution in [2.24, 2.45) is 33.2 Å². The summed E-state index contributed by atoms with van der Waals surface area (Å²) in [6.07, 6.45) is 14.4. The Morgan fingerprint density at radius 1 is 1.15 bits per heavy atom. The fourth-order valence-electron chi connectivity index (χ4n) is 6.94. The van der Waals surface area contributed by atoms with Crippen LogP contribution in [-0.4, -0.2) is 37.4 Å². The molecule has 222 valence electrons. The number of nitrogens with zero attached hydrogens (tertiary/aromatic N) is 3. The van der Waals surface area contributed by atoms with Gasteiger partial charge in [-0.15, -0.1) is 0 Å². The molecular weight excluding hydrogens is 507 g/mol.